The number of ether oxygens (including phenoxy) is 1. The van der Waals surface area contributed by atoms with E-state index in [2.05, 4.69) is 14.0 Å². The molecule has 4 nitrogen and oxygen atoms in total. The predicted octanol–water partition coefficient (Wildman–Crippen LogP) is 0.902. The molecule has 1 unspecified atom stereocenters. The van der Waals surface area contributed by atoms with Gasteiger partial charge in [0.1, 0.15) is 0 Å². The average molecular weight is 242 g/mol. The molecule has 0 aliphatic rings. The molecule has 0 aromatic heterocycles. The van der Waals surface area contributed by atoms with Gasteiger partial charge in [0.15, 0.2) is 0 Å². The van der Waals surface area contributed by atoms with Crippen molar-refractivity contribution in [3.8, 4) is 0 Å². The molecule has 0 spiro atoms. The van der Waals surface area contributed by atoms with Crippen LogP contribution >= 0.6 is 9.24 Å². The molecule has 0 saturated carbocycles. The minimum absolute atomic E-state index is 0.852. The lowest BCUT2D eigenvalue weighted by Gasteiger charge is -1.97. The third kappa shape index (κ3) is 10.0. The Kier molecular flexibility index (Phi) is 7.81. The molecule has 0 aromatic rings. The molecule has 0 aromatic carbocycles. The zero-order chi connectivity index (χ0) is 11.1. The minimum atomic E-state index is -5.84. The van der Waals surface area contributed by atoms with Gasteiger partial charge in [0, 0.05) is 13.7 Å². The SMILES string of the molecule is COCCP.O=S(=O)(O)C(F)(F)F. The molecule has 0 fully saturated rings. The van der Waals surface area contributed by atoms with Crippen LogP contribution in [0.3, 0.4) is 0 Å². The summed E-state index contributed by atoms with van der Waals surface area (Å²) in [5.74, 6) is 0. The monoisotopic (exact) mass is 242 g/mol. The van der Waals surface area contributed by atoms with Crippen molar-refractivity contribution in [1.82, 2.24) is 0 Å². The van der Waals surface area contributed by atoms with E-state index in [9.17, 15) is 13.2 Å². The van der Waals surface area contributed by atoms with Crippen LogP contribution in [-0.2, 0) is 14.9 Å². The highest BCUT2D eigenvalue weighted by atomic mass is 32.2. The highest BCUT2D eigenvalue weighted by Crippen LogP contribution is 2.20. The van der Waals surface area contributed by atoms with E-state index in [1.54, 1.807) is 7.11 Å². The fraction of sp³-hybridized carbons (Fsp3) is 1.00. The van der Waals surface area contributed by atoms with Crippen LogP contribution in [0.4, 0.5) is 13.2 Å². The molecular formula is C4H10F3O4PS. The van der Waals surface area contributed by atoms with Crippen molar-refractivity contribution >= 4 is 19.4 Å². The van der Waals surface area contributed by atoms with E-state index in [1.165, 1.54) is 0 Å². The molecule has 82 valence electrons. The van der Waals surface area contributed by atoms with Crippen LogP contribution in [0.25, 0.3) is 0 Å². The third-order valence-corrected chi connectivity index (χ3v) is 1.44. The maximum atomic E-state index is 10.7. The Morgan fingerprint density at radius 2 is 1.77 bits per heavy atom. The van der Waals surface area contributed by atoms with Crippen LogP contribution in [0.5, 0.6) is 0 Å². The number of hydrogen-bond donors (Lipinski definition) is 1. The van der Waals surface area contributed by atoms with Crippen LogP contribution in [0.2, 0.25) is 0 Å². The maximum Gasteiger partial charge on any atom is 0.522 e. The highest BCUT2D eigenvalue weighted by molar-refractivity contribution is 7.86. The topological polar surface area (TPSA) is 63.6 Å². The lowest BCUT2D eigenvalue weighted by atomic mass is 10.9. The van der Waals surface area contributed by atoms with Gasteiger partial charge in [-0.25, -0.2) is 0 Å². The van der Waals surface area contributed by atoms with E-state index in [-0.39, 0.29) is 0 Å². The van der Waals surface area contributed by atoms with Crippen LogP contribution < -0.4 is 0 Å². The molecule has 0 heterocycles. The zero-order valence-corrected chi connectivity index (χ0v) is 8.68. The first-order chi connectivity index (χ1) is 5.66. The zero-order valence-electron chi connectivity index (χ0n) is 6.71. The summed E-state index contributed by atoms with van der Waals surface area (Å²) in [6.07, 6.45) is 1.04. The first kappa shape index (κ1) is 15.6. The molecule has 0 saturated heterocycles. The van der Waals surface area contributed by atoms with Crippen LogP contribution in [0.1, 0.15) is 0 Å². The summed E-state index contributed by atoms with van der Waals surface area (Å²) in [4.78, 5) is 0. The molecule has 0 rings (SSSR count). The summed E-state index contributed by atoms with van der Waals surface area (Å²) in [6, 6.07) is 0. The summed E-state index contributed by atoms with van der Waals surface area (Å²) >= 11 is 0. The average Bonchev–Trinajstić information content (AvgIpc) is 1.85. The molecule has 1 N–H and O–H groups in total. The van der Waals surface area contributed by atoms with Gasteiger partial charge in [0.2, 0.25) is 0 Å². The van der Waals surface area contributed by atoms with Crippen molar-refractivity contribution in [2.45, 2.75) is 5.51 Å². The van der Waals surface area contributed by atoms with Gasteiger partial charge in [-0.15, -0.1) is 9.24 Å². The minimum Gasteiger partial charge on any atom is -0.384 e. The first-order valence-electron chi connectivity index (χ1n) is 2.89. The third-order valence-electron chi connectivity index (χ3n) is 0.614. The van der Waals surface area contributed by atoms with E-state index in [0.717, 1.165) is 12.8 Å². The van der Waals surface area contributed by atoms with Gasteiger partial charge in [0.05, 0.1) is 0 Å². The maximum absolute atomic E-state index is 10.7. The van der Waals surface area contributed by atoms with Gasteiger partial charge in [-0.2, -0.15) is 21.6 Å². The first-order valence-corrected chi connectivity index (χ1v) is 5.15. The van der Waals surface area contributed by atoms with Gasteiger partial charge >= 0.3 is 15.6 Å². The molecule has 13 heavy (non-hydrogen) atoms. The van der Waals surface area contributed by atoms with Gasteiger partial charge in [0.25, 0.3) is 0 Å². The molecule has 0 aliphatic heterocycles. The Labute approximate surface area is 76.4 Å². The Morgan fingerprint density at radius 1 is 1.46 bits per heavy atom. The second-order valence-electron chi connectivity index (χ2n) is 1.70. The fourth-order valence-corrected chi connectivity index (χ4v) is 0.354. The Morgan fingerprint density at radius 3 is 1.77 bits per heavy atom. The molecule has 0 amide bonds. The largest absolute Gasteiger partial charge is 0.522 e. The highest BCUT2D eigenvalue weighted by Gasteiger charge is 2.44. The van der Waals surface area contributed by atoms with E-state index >= 15 is 0 Å². The van der Waals surface area contributed by atoms with Crippen LogP contribution in [0.15, 0.2) is 0 Å². The van der Waals surface area contributed by atoms with Crippen LogP contribution in [-0.4, -0.2) is 38.4 Å². The van der Waals surface area contributed by atoms with Gasteiger partial charge in [-0.05, 0) is 6.16 Å². The summed E-state index contributed by atoms with van der Waals surface area (Å²) in [5, 5.41) is 0. The Bertz CT molecular complexity index is 210. The Hall–Kier alpha value is 0.0900. The number of hydrogen-bond acceptors (Lipinski definition) is 3. The normalized spacial score (nSPS) is 11.8. The van der Waals surface area contributed by atoms with Crippen LogP contribution in [0, 0.1) is 0 Å². The van der Waals surface area contributed by atoms with Crippen molar-refractivity contribution in [3.05, 3.63) is 0 Å². The van der Waals surface area contributed by atoms with Crippen molar-refractivity contribution in [1.29, 1.82) is 0 Å². The van der Waals surface area contributed by atoms with E-state index in [1.807, 2.05) is 0 Å². The number of methoxy groups -OCH3 is 1. The van der Waals surface area contributed by atoms with Crippen molar-refractivity contribution in [2.24, 2.45) is 0 Å². The van der Waals surface area contributed by atoms with E-state index < -0.39 is 15.6 Å². The second kappa shape index (κ2) is 6.53. The smallest absolute Gasteiger partial charge is 0.384 e. The van der Waals surface area contributed by atoms with Gasteiger partial charge in [-0.1, -0.05) is 0 Å². The van der Waals surface area contributed by atoms with Gasteiger partial charge < -0.3 is 4.74 Å². The summed E-state index contributed by atoms with van der Waals surface area (Å²) in [5.41, 5.74) is -5.53. The molecule has 9 heteroatoms. The summed E-state index contributed by atoms with van der Waals surface area (Å²) < 4.78 is 62.2. The van der Waals surface area contributed by atoms with Crippen molar-refractivity contribution < 1.29 is 30.9 Å². The second-order valence-corrected chi connectivity index (χ2v) is 3.69. The quantitative estimate of drug-likeness (QED) is 0.444. The molecule has 0 radical (unpaired) electrons. The lowest BCUT2D eigenvalue weighted by Crippen LogP contribution is -2.21. The fourth-order valence-electron chi connectivity index (χ4n) is 0.118. The molecule has 0 aliphatic carbocycles. The molecular weight excluding hydrogens is 232 g/mol. The molecule has 1 atom stereocenters. The standard InChI is InChI=1S/C3H9OP.CHF3O3S/c1-4-2-3-5;2-1(3,4)8(5,6)7/h2-3,5H2,1H3;(H,5,6,7). The number of halogens is 3. The number of alkyl halides is 3. The van der Waals surface area contributed by atoms with E-state index in [4.69, 9.17) is 13.0 Å². The van der Waals surface area contributed by atoms with Gasteiger partial charge in [-0.3, -0.25) is 4.55 Å². The summed E-state index contributed by atoms with van der Waals surface area (Å²) in [6.45, 7) is 0.852. The van der Waals surface area contributed by atoms with E-state index in [0.29, 0.717) is 0 Å². The lowest BCUT2D eigenvalue weighted by molar-refractivity contribution is -0.0510. The summed E-state index contributed by atoms with van der Waals surface area (Å²) in [7, 11) is -1.57. The number of rotatable bonds is 2. The Balaban J connectivity index is 0. The van der Waals surface area contributed by atoms with Crippen molar-refractivity contribution in [2.75, 3.05) is 19.9 Å². The predicted molar refractivity (Wildman–Crippen MR) is 44.1 cm³/mol. The molecule has 0 bridgehead atoms. The van der Waals surface area contributed by atoms with Crippen molar-refractivity contribution in [3.63, 3.8) is 0 Å².